The first kappa shape index (κ1) is 15.1. The molecule has 1 saturated carbocycles. The molecule has 1 aliphatic heterocycles. The van der Waals surface area contributed by atoms with Gasteiger partial charge in [0.15, 0.2) is 0 Å². The van der Waals surface area contributed by atoms with E-state index in [-0.39, 0.29) is 5.41 Å². The zero-order valence-corrected chi connectivity index (χ0v) is 12.1. The Labute approximate surface area is 125 Å². The van der Waals surface area contributed by atoms with Gasteiger partial charge in [-0.15, -0.1) is 11.6 Å². The molecule has 0 aromatic heterocycles. The summed E-state index contributed by atoms with van der Waals surface area (Å²) in [6, 6.07) is 2.94. The van der Waals surface area contributed by atoms with Gasteiger partial charge in [0.05, 0.1) is 5.56 Å². The van der Waals surface area contributed by atoms with E-state index in [1.807, 2.05) is 0 Å². The Balaban J connectivity index is 1.79. The molecule has 116 valence electrons. The standard InChI is InChI=1S/C15H16ClF4N/c16-4-1-5-21-8-11-7-14(11,9-21)12-3-2-10(6-13(12)17)15(18,19)20/h2-3,6,11H,1,4-5,7-9H2. The van der Waals surface area contributed by atoms with Crippen molar-refractivity contribution < 1.29 is 17.6 Å². The highest BCUT2D eigenvalue weighted by Crippen LogP contribution is 2.59. The SMILES string of the molecule is Fc1cc(C(F)(F)F)ccc1C12CC1CN(CCCCl)C2. The third-order valence-electron chi connectivity index (χ3n) is 4.66. The lowest BCUT2D eigenvalue weighted by molar-refractivity contribution is -0.137. The molecule has 21 heavy (non-hydrogen) atoms. The molecular formula is C15H16ClF4N. The van der Waals surface area contributed by atoms with Crippen molar-refractivity contribution in [2.24, 2.45) is 5.92 Å². The maximum Gasteiger partial charge on any atom is 0.416 e. The summed E-state index contributed by atoms with van der Waals surface area (Å²) in [7, 11) is 0. The Bertz CT molecular complexity index is 545. The van der Waals surface area contributed by atoms with Gasteiger partial charge in [-0.05, 0) is 43.0 Å². The molecule has 0 amide bonds. The number of fused-ring (bicyclic) bond motifs is 1. The Morgan fingerprint density at radius 3 is 2.71 bits per heavy atom. The van der Waals surface area contributed by atoms with E-state index in [0.29, 0.717) is 23.4 Å². The number of alkyl halides is 4. The summed E-state index contributed by atoms with van der Waals surface area (Å²) in [6.07, 6.45) is -2.76. The summed E-state index contributed by atoms with van der Waals surface area (Å²) >= 11 is 5.67. The highest BCUT2D eigenvalue weighted by atomic mass is 35.5. The van der Waals surface area contributed by atoms with E-state index in [0.717, 1.165) is 38.5 Å². The molecule has 2 fully saturated rings. The topological polar surface area (TPSA) is 3.24 Å². The van der Waals surface area contributed by atoms with Crippen molar-refractivity contribution in [2.75, 3.05) is 25.5 Å². The predicted octanol–water partition coefficient (Wildman–Crippen LogP) is 4.05. The Kier molecular flexibility index (Phi) is 3.69. The highest BCUT2D eigenvalue weighted by Gasteiger charge is 2.61. The van der Waals surface area contributed by atoms with Crippen LogP contribution in [0.3, 0.4) is 0 Å². The predicted molar refractivity (Wildman–Crippen MR) is 73.0 cm³/mol. The summed E-state index contributed by atoms with van der Waals surface area (Å²) in [5, 5.41) is 0. The molecule has 0 spiro atoms. The van der Waals surface area contributed by atoms with E-state index >= 15 is 0 Å². The Morgan fingerprint density at radius 2 is 2.10 bits per heavy atom. The van der Waals surface area contributed by atoms with Crippen LogP contribution in [0, 0.1) is 11.7 Å². The number of hydrogen-bond donors (Lipinski definition) is 0. The van der Waals surface area contributed by atoms with Crippen LogP contribution in [0.4, 0.5) is 17.6 Å². The van der Waals surface area contributed by atoms with Gasteiger partial charge in [0.1, 0.15) is 5.82 Å². The van der Waals surface area contributed by atoms with Crippen LogP contribution in [-0.2, 0) is 11.6 Å². The number of benzene rings is 1. The second-order valence-electron chi connectivity index (χ2n) is 6.03. The lowest BCUT2D eigenvalue weighted by atomic mass is 9.93. The maximum atomic E-state index is 14.1. The van der Waals surface area contributed by atoms with Crippen LogP contribution in [0.5, 0.6) is 0 Å². The number of likely N-dealkylation sites (tertiary alicyclic amines) is 1. The minimum absolute atomic E-state index is 0.277. The minimum atomic E-state index is -4.50. The molecule has 1 heterocycles. The van der Waals surface area contributed by atoms with Crippen molar-refractivity contribution in [3.8, 4) is 0 Å². The third-order valence-corrected chi connectivity index (χ3v) is 4.92. The van der Waals surface area contributed by atoms with Crippen LogP contribution in [0.25, 0.3) is 0 Å². The maximum absolute atomic E-state index is 14.1. The number of piperidine rings is 1. The van der Waals surface area contributed by atoms with Gasteiger partial charge in [-0.25, -0.2) is 4.39 Å². The number of nitrogens with zero attached hydrogens (tertiary/aromatic N) is 1. The molecule has 3 rings (SSSR count). The van der Waals surface area contributed by atoms with Crippen LogP contribution in [0.2, 0.25) is 0 Å². The Hall–Kier alpha value is -0.810. The molecule has 0 bridgehead atoms. The zero-order chi connectivity index (χ0) is 15.3. The molecule has 0 radical (unpaired) electrons. The molecule has 1 nitrogen and oxygen atoms in total. The van der Waals surface area contributed by atoms with Gasteiger partial charge in [-0.2, -0.15) is 13.2 Å². The molecular weight excluding hydrogens is 306 g/mol. The summed E-state index contributed by atoms with van der Waals surface area (Å²) in [6.45, 7) is 2.47. The van der Waals surface area contributed by atoms with E-state index in [2.05, 4.69) is 4.90 Å². The molecule has 1 aromatic carbocycles. The molecule has 6 heteroatoms. The van der Waals surface area contributed by atoms with Gasteiger partial charge in [0.25, 0.3) is 0 Å². The van der Waals surface area contributed by atoms with Gasteiger partial charge in [0.2, 0.25) is 0 Å². The fourth-order valence-corrected chi connectivity index (χ4v) is 3.67. The van der Waals surface area contributed by atoms with E-state index in [1.165, 1.54) is 6.07 Å². The van der Waals surface area contributed by atoms with E-state index in [1.54, 1.807) is 0 Å². The summed E-state index contributed by atoms with van der Waals surface area (Å²) in [5.74, 6) is 0.216. The summed E-state index contributed by atoms with van der Waals surface area (Å²) < 4.78 is 51.9. The zero-order valence-electron chi connectivity index (χ0n) is 11.4. The number of hydrogen-bond acceptors (Lipinski definition) is 1. The highest BCUT2D eigenvalue weighted by molar-refractivity contribution is 6.17. The summed E-state index contributed by atoms with van der Waals surface area (Å²) in [4.78, 5) is 2.23. The number of halogens is 5. The normalized spacial score (nSPS) is 28.7. The van der Waals surface area contributed by atoms with Crippen LogP contribution in [0.15, 0.2) is 18.2 Å². The molecule has 2 aliphatic rings. The van der Waals surface area contributed by atoms with Crippen LogP contribution >= 0.6 is 11.6 Å². The van der Waals surface area contributed by atoms with Crippen molar-refractivity contribution in [3.63, 3.8) is 0 Å². The van der Waals surface area contributed by atoms with Crippen LogP contribution in [-0.4, -0.2) is 30.4 Å². The van der Waals surface area contributed by atoms with Crippen molar-refractivity contribution in [2.45, 2.75) is 24.4 Å². The first-order valence-corrected chi connectivity index (χ1v) is 7.56. The molecule has 0 N–H and O–H groups in total. The van der Waals surface area contributed by atoms with Gasteiger partial charge in [-0.3, -0.25) is 0 Å². The fraction of sp³-hybridized carbons (Fsp3) is 0.600. The van der Waals surface area contributed by atoms with Gasteiger partial charge in [-0.1, -0.05) is 6.07 Å². The van der Waals surface area contributed by atoms with Crippen LogP contribution in [0.1, 0.15) is 24.0 Å². The quantitative estimate of drug-likeness (QED) is 0.597. The van der Waals surface area contributed by atoms with Crippen LogP contribution < -0.4 is 0 Å². The van der Waals surface area contributed by atoms with Gasteiger partial charge < -0.3 is 4.90 Å². The van der Waals surface area contributed by atoms with Crippen molar-refractivity contribution >= 4 is 11.6 Å². The first-order valence-electron chi connectivity index (χ1n) is 7.02. The van der Waals surface area contributed by atoms with Crippen molar-refractivity contribution in [1.29, 1.82) is 0 Å². The van der Waals surface area contributed by atoms with Crippen molar-refractivity contribution in [1.82, 2.24) is 4.90 Å². The van der Waals surface area contributed by atoms with E-state index in [4.69, 9.17) is 11.6 Å². The van der Waals surface area contributed by atoms with Gasteiger partial charge >= 0.3 is 6.18 Å². The molecule has 1 aliphatic carbocycles. The monoisotopic (exact) mass is 321 g/mol. The molecule has 2 atom stereocenters. The summed E-state index contributed by atoms with van der Waals surface area (Å²) in [5.41, 5.74) is -0.760. The largest absolute Gasteiger partial charge is 0.416 e. The average molecular weight is 322 g/mol. The smallest absolute Gasteiger partial charge is 0.302 e. The fourth-order valence-electron chi connectivity index (χ4n) is 3.55. The lowest BCUT2D eigenvalue weighted by Crippen LogP contribution is -2.28. The van der Waals surface area contributed by atoms with Crippen molar-refractivity contribution in [3.05, 3.63) is 35.1 Å². The second-order valence-corrected chi connectivity index (χ2v) is 6.41. The number of rotatable bonds is 4. The molecule has 1 saturated heterocycles. The van der Waals surface area contributed by atoms with E-state index in [9.17, 15) is 17.6 Å². The molecule has 2 unspecified atom stereocenters. The van der Waals surface area contributed by atoms with Gasteiger partial charge in [0, 0.05) is 24.4 Å². The Morgan fingerprint density at radius 1 is 1.33 bits per heavy atom. The van der Waals surface area contributed by atoms with E-state index < -0.39 is 17.6 Å². The third kappa shape index (κ3) is 2.66. The lowest BCUT2D eigenvalue weighted by Gasteiger charge is -2.21. The first-order chi connectivity index (χ1) is 9.87. The molecule has 1 aromatic rings. The average Bonchev–Trinajstić information content (AvgIpc) is 2.98. The second kappa shape index (κ2) is 5.13. The minimum Gasteiger partial charge on any atom is -0.302 e.